The van der Waals surface area contributed by atoms with E-state index in [0.29, 0.717) is 6.26 Å². The van der Waals surface area contributed by atoms with Crippen LogP contribution >= 0.6 is 0 Å². The first-order valence-corrected chi connectivity index (χ1v) is 2.90. The standard InChI is InChI=1S/C7H5N3O/c8-4-6(5-11)7-9-2-1-3-10-7/h1-3,5,11H. The summed E-state index contributed by atoms with van der Waals surface area (Å²) in [6.45, 7) is 0. The van der Waals surface area contributed by atoms with Crippen LogP contribution in [-0.2, 0) is 0 Å². The van der Waals surface area contributed by atoms with Gasteiger partial charge in [0.25, 0.3) is 0 Å². The lowest BCUT2D eigenvalue weighted by molar-refractivity contribution is 0.476. The number of hydrogen-bond donors (Lipinski definition) is 1. The van der Waals surface area contributed by atoms with E-state index in [1.54, 1.807) is 12.1 Å². The van der Waals surface area contributed by atoms with Crippen LogP contribution in [0, 0.1) is 11.3 Å². The maximum Gasteiger partial charge on any atom is 0.173 e. The number of allylic oxidation sites excluding steroid dienone is 1. The average Bonchev–Trinajstić information content (AvgIpc) is 2.09. The highest BCUT2D eigenvalue weighted by atomic mass is 16.2. The van der Waals surface area contributed by atoms with Gasteiger partial charge in [-0.15, -0.1) is 0 Å². The molecule has 0 aliphatic carbocycles. The van der Waals surface area contributed by atoms with Crippen molar-refractivity contribution in [3.63, 3.8) is 0 Å². The molecule has 0 fully saturated rings. The second kappa shape index (κ2) is 3.32. The number of rotatable bonds is 1. The predicted octanol–water partition coefficient (Wildman–Crippen LogP) is 0.899. The lowest BCUT2D eigenvalue weighted by Crippen LogP contribution is -1.89. The van der Waals surface area contributed by atoms with Crippen molar-refractivity contribution >= 4 is 5.57 Å². The van der Waals surface area contributed by atoms with E-state index in [1.165, 1.54) is 12.4 Å². The second-order valence-electron chi connectivity index (χ2n) is 1.73. The fraction of sp³-hybridized carbons (Fsp3) is 0. The normalized spacial score (nSPS) is 10.6. The van der Waals surface area contributed by atoms with Crippen molar-refractivity contribution in [2.75, 3.05) is 0 Å². The van der Waals surface area contributed by atoms with E-state index in [1.807, 2.05) is 0 Å². The van der Waals surface area contributed by atoms with Crippen molar-refractivity contribution in [2.24, 2.45) is 0 Å². The predicted molar refractivity (Wildman–Crippen MR) is 38.3 cm³/mol. The maximum absolute atomic E-state index is 8.51. The van der Waals surface area contributed by atoms with Crippen LogP contribution in [0.25, 0.3) is 5.57 Å². The second-order valence-corrected chi connectivity index (χ2v) is 1.73. The lowest BCUT2D eigenvalue weighted by atomic mass is 10.3. The van der Waals surface area contributed by atoms with Gasteiger partial charge in [0, 0.05) is 12.4 Å². The molecule has 0 amide bonds. The van der Waals surface area contributed by atoms with Gasteiger partial charge in [0.1, 0.15) is 17.9 Å². The molecule has 54 valence electrons. The highest BCUT2D eigenvalue weighted by Gasteiger charge is 2.00. The van der Waals surface area contributed by atoms with Crippen LogP contribution in [0.1, 0.15) is 5.82 Å². The molecule has 0 saturated heterocycles. The Bertz CT molecular complexity index is 299. The molecule has 0 aliphatic heterocycles. The van der Waals surface area contributed by atoms with Gasteiger partial charge in [0.2, 0.25) is 0 Å². The van der Waals surface area contributed by atoms with E-state index in [4.69, 9.17) is 10.4 Å². The molecule has 0 spiro atoms. The van der Waals surface area contributed by atoms with Crippen LogP contribution < -0.4 is 0 Å². The molecule has 1 N–H and O–H groups in total. The van der Waals surface area contributed by atoms with Gasteiger partial charge < -0.3 is 5.11 Å². The summed E-state index contributed by atoms with van der Waals surface area (Å²) >= 11 is 0. The molecule has 1 aromatic rings. The van der Waals surface area contributed by atoms with Crippen molar-refractivity contribution in [1.29, 1.82) is 5.26 Å². The molecule has 0 saturated carbocycles. The summed E-state index contributed by atoms with van der Waals surface area (Å²) in [5.74, 6) is 0.234. The summed E-state index contributed by atoms with van der Waals surface area (Å²) in [5, 5.41) is 16.9. The van der Waals surface area contributed by atoms with E-state index in [0.717, 1.165) is 0 Å². The van der Waals surface area contributed by atoms with Crippen molar-refractivity contribution in [1.82, 2.24) is 9.97 Å². The van der Waals surface area contributed by atoms with E-state index in [-0.39, 0.29) is 11.4 Å². The van der Waals surface area contributed by atoms with Gasteiger partial charge in [-0.2, -0.15) is 5.26 Å². The van der Waals surface area contributed by atoms with Crippen molar-refractivity contribution in [3.05, 3.63) is 30.5 Å². The highest BCUT2D eigenvalue weighted by Crippen LogP contribution is 2.03. The number of aliphatic hydroxyl groups excluding tert-OH is 1. The molecule has 0 unspecified atom stereocenters. The quantitative estimate of drug-likeness (QED) is 0.473. The molecule has 0 bridgehead atoms. The van der Waals surface area contributed by atoms with Gasteiger partial charge >= 0.3 is 0 Å². The Hall–Kier alpha value is -1.89. The van der Waals surface area contributed by atoms with Crippen LogP contribution in [-0.4, -0.2) is 15.1 Å². The number of nitriles is 1. The van der Waals surface area contributed by atoms with Crippen LogP contribution in [0.5, 0.6) is 0 Å². The molecule has 11 heavy (non-hydrogen) atoms. The van der Waals surface area contributed by atoms with E-state index in [9.17, 15) is 0 Å². The monoisotopic (exact) mass is 147 g/mol. The number of hydrogen-bond acceptors (Lipinski definition) is 4. The highest BCUT2D eigenvalue weighted by molar-refractivity contribution is 5.70. The zero-order valence-electron chi connectivity index (χ0n) is 5.60. The first kappa shape index (κ1) is 7.22. The molecule has 0 aliphatic rings. The molecule has 1 aromatic heterocycles. The zero-order valence-corrected chi connectivity index (χ0v) is 5.60. The smallest absolute Gasteiger partial charge is 0.173 e. The van der Waals surface area contributed by atoms with Gasteiger partial charge in [0.05, 0.1) is 0 Å². The Morgan fingerprint density at radius 1 is 1.55 bits per heavy atom. The molecular weight excluding hydrogens is 142 g/mol. The molecule has 1 heterocycles. The SMILES string of the molecule is N#CC(=CO)c1ncccn1. The molecule has 4 nitrogen and oxygen atoms in total. The fourth-order valence-electron chi connectivity index (χ4n) is 0.575. The van der Waals surface area contributed by atoms with Crippen LogP contribution in [0.15, 0.2) is 24.7 Å². The molecule has 0 atom stereocenters. The average molecular weight is 147 g/mol. The fourth-order valence-corrected chi connectivity index (χ4v) is 0.575. The third-order valence-corrected chi connectivity index (χ3v) is 1.06. The number of aromatic nitrogens is 2. The summed E-state index contributed by atoms with van der Waals surface area (Å²) in [6, 6.07) is 3.39. The summed E-state index contributed by atoms with van der Waals surface area (Å²) in [6.07, 6.45) is 3.70. The Labute approximate surface area is 63.5 Å². The van der Waals surface area contributed by atoms with Crippen LogP contribution in [0.4, 0.5) is 0 Å². The van der Waals surface area contributed by atoms with E-state index in [2.05, 4.69) is 9.97 Å². The Morgan fingerprint density at radius 2 is 2.18 bits per heavy atom. The third-order valence-electron chi connectivity index (χ3n) is 1.06. The minimum absolute atomic E-state index is 0.0607. The molecule has 0 aromatic carbocycles. The molecule has 4 heteroatoms. The number of aliphatic hydroxyl groups is 1. The third kappa shape index (κ3) is 1.52. The summed E-state index contributed by atoms with van der Waals surface area (Å²) < 4.78 is 0. The van der Waals surface area contributed by atoms with Gasteiger partial charge in [-0.3, -0.25) is 0 Å². The van der Waals surface area contributed by atoms with E-state index < -0.39 is 0 Å². The largest absolute Gasteiger partial charge is 0.514 e. The Balaban J connectivity index is 3.05. The van der Waals surface area contributed by atoms with Crippen molar-refractivity contribution in [3.8, 4) is 6.07 Å². The number of nitrogens with zero attached hydrogens (tertiary/aromatic N) is 3. The van der Waals surface area contributed by atoms with Crippen LogP contribution in [0.2, 0.25) is 0 Å². The van der Waals surface area contributed by atoms with Crippen molar-refractivity contribution in [2.45, 2.75) is 0 Å². The summed E-state index contributed by atoms with van der Waals surface area (Å²) in [4.78, 5) is 7.52. The van der Waals surface area contributed by atoms with Crippen molar-refractivity contribution < 1.29 is 5.11 Å². The van der Waals surface area contributed by atoms with E-state index >= 15 is 0 Å². The van der Waals surface area contributed by atoms with Gasteiger partial charge in [0.15, 0.2) is 5.82 Å². The zero-order chi connectivity index (χ0) is 8.10. The Morgan fingerprint density at radius 3 is 2.64 bits per heavy atom. The van der Waals surface area contributed by atoms with Crippen LogP contribution in [0.3, 0.4) is 0 Å². The molecule has 0 radical (unpaired) electrons. The first-order chi connectivity index (χ1) is 5.38. The summed E-state index contributed by atoms with van der Waals surface area (Å²) in [7, 11) is 0. The van der Waals surface area contributed by atoms with Gasteiger partial charge in [-0.05, 0) is 6.07 Å². The lowest BCUT2D eigenvalue weighted by Gasteiger charge is -1.91. The van der Waals surface area contributed by atoms with Gasteiger partial charge in [-0.1, -0.05) is 0 Å². The molecular formula is C7H5N3O. The maximum atomic E-state index is 8.51. The van der Waals surface area contributed by atoms with Gasteiger partial charge in [-0.25, -0.2) is 9.97 Å². The first-order valence-electron chi connectivity index (χ1n) is 2.90. The summed E-state index contributed by atoms with van der Waals surface area (Å²) in [5.41, 5.74) is 0.0607. The minimum Gasteiger partial charge on any atom is -0.514 e. The Kier molecular flexibility index (Phi) is 2.18. The molecule has 1 rings (SSSR count). The minimum atomic E-state index is 0.0607. The topological polar surface area (TPSA) is 69.8 Å².